The van der Waals surface area contributed by atoms with Crippen LogP contribution in [0, 0.1) is 17.5 Å². The van der Waals surface area contributed by atoms with Crippen LogP contribution in [0.2, 0.25) is 0 Å². The Balaban J connectivity index is 2.81. The van der Waals surface area contributed by atoms with Gasteiger partial charge in [-0.1, -0.05) is 0 Å². The SMILES string of the molecule is CNC(=O)CNc1c(F)cc(F)cc1F. The number of hydrogen-bond acceptors (Lipinski definition) is 2. The fourth-order valence-corrected chi connectivity index (χ4v) is 0.968. The minimum atomic E-state index is -1.07. The average Bonchev–Trinajstić information content (AvgIpc) is 2.15. The summed E-state index contributed by atoms with van der Waals surface area (Å²) >= 11 is 0. The minimum Gasteiger partial charge on any atom is -0.371 e. The first-order valence-corrected chi connectivity index (χ1v) is 4.13. The fraction of sp³-hybridized carbons (Fsp3) is 0.222. The maximum absolute atomic E-state index is 13.0. The Hall–Kier alpha value is -1.72. The predicted molar refractivity (Wildman–Crippen MR) is 48.9 cm³/mol. The van der Waals surface area contributed by atoms with Gasteiger partial charge in [-0.15, -0.1) is 0 Å². The zero-order valence-corrected chi connectivity index (χ0v) is 7.90. The van der Waals surface area contributed by atoms with Gasteiger partial charge in [-0.25, -0.2) is 13.2 Å². The van der Waals surface area contributed by atoms with Gasteiger partial charge in [0.05, 0.1) is 6.54 Å². The van der Waals surface area contributed by atoms with Crippen molar-refractivity contribution in [2.45, 2.75) is 0 Å². The molecule has 3 nitrogen and oxygen atoms in total. The Kier molecular flexibility index (Phi) is 3.54. The van der Waals surface area contributed by atoms with Crippen molar-refractivity contribution in [1.29, 1.82) is 0 Å². The molecule has 6 heteroatoms. The van der Waals surface area contributed by atoms with Crippen LogP contribution < -0.4 is 10.6 Å². The number of anilines is 1. The summed E-state index contributed by atoms with van der Waals surface area (Å²) in [6, 6.07) is 1.07. The standard InChI is InChI=1S/C9H9F3N2O/c1-13-8(15)4-14-9-6(11)2-5(10)3-7(9)12/h2-3,14H,4H2,1H3,(H,13,15). The lowest BCUT2D eigenvalue weighted by Gasteiger charge is -2.07. The molecule has 2 N–H and O–H groups in total. The number of amides is 1. The molecule has 0 heterocycles. The summed E-state index contributed by atoms with van der Waals surface area (Å²) in [6.07, 6.45) is 0. The summed E-state index contributed by atoms with van der Waals surface area (Å²) in [4.78, 5) is 10.8. The molecule has 0 unspecified atom stereocenters. The predicted octanol–water partition coefficient (Wildman–Crippen LogP) is 1.26. The second-order valence-corrected chi connectivity index (χ2v) is 2.77. The zero-order chi connectivity index (χ0) is 11.4. The lowest BCUT2D eigenvalue weighted by molar-refractivity contribution is -0.118. The molecule has 1 rings (SSSR count). The van der Waals surface area contributed by atoms with E-state index in [1.165, 1.54) is 7.05 Å². The maximum atomic E-state index is 13.0. The molecule has 0 spiro atoms. The van der Waals surface area contributed by atoms with Crippen molar-refractivity contribution in [3.05, 3.63) is 29.6 Å². The second kappa shape index (κ2) is 4.68. The third-order valence-electron chi connectivity index (χ3n) is 1.71. The van der Waals surface area contributed by atoms with Crippen LogP contribution in [0.5, 0.6) is 0 Å². The van der Waals surface area contributed by atoms with Crippen LogP contribution in [-0.4, -0.2) is 19.5 Å². The third-order valence-corrected chi connectivity index (χ3v) is 1.71. The van der Waals surface area contributed by atoms with E-state index in [9.17, 15) is 18.0 Å². The summed E-state index contributed by atoms with van der Waals surface area (Å²) in [5.41, 5.74) is -0.514. The summed E-state index contributed by atoms with van der Waals surface area (Å²) in [5, 5.41) is 4.50. The molecule has 1 amide bonds. The molecule has 0 fully saturated rings. The molecule has 0 atom stereocenters. The molecule has 1 aromatic rings. The smallest absolute Gasteiger partial charge is 0.239 e. The number of benzene rings is 1. The lowest BCUT2D eigenvalue weighted by atomic mass is 10.2. The average molecular weight is 218 g/mol. The van der Waals surface area contributed by atoms with Crippen molar-refractivity contribution in [3.63, 3.8) is 0 Å². The van der Waals surface area contributed by atoms with Crippen LogP contribution in [0.25, 0.3) is 0 Å². The third kappa shape index (κ3) is 2.87. The van der Waals surface area contributed by atoms with Gasteiger partial charge in [-0.3, -0.25) is 4.79 Å². The maximum Gasteiger partial charge on any atom is 0.239 e. The van der Waals surface area contributed by atoms with Gasteiger partial charge in [0.1, 0.15) is 11.5 Å². The van der Waals surface area contributed by atoms with E-state index in [0.717, 1.165) is 0 Å². The highest BCUT2D eigenvalue weighted by Crippen LogP contribution is 2.19. The summed E-state index contributed by atoms with van der Waals surface area (Å²) in [7, 11) is 1.39. The lowest BCUT2D eigenvalue weighted by Crippen LogP contribution is -2.26. The van der Waals surface area contributed by atoms with Crippen molar-refractivity contribution < 1.29 is 18.0 Å². The molecule has 0 saturated carbocycles. The van der Waals surface area contributed by atoms with Crippen LogP contribution in [0.3, 0.4) is 0 Å². The highest BCUT2D eigenvalue weighted by molar-refractivity contribution is 5.80. The van der Waals surface area contributed by atoms with E-state index < -0.39 is 29.0 Å². The Labute approximate surface area is 84.3 Å². The number of hydrogen-bond donors (Lipinski definition) is 2. The number of carbonyl (C=O) groups excluding carboxylic acids is 1. The van der Waals surface area contributed by atoms with Crippen molar-refractivity contribution in [2.24, 2.45) is 0 Å². The molecule has 0 aliphatic rings. The zero-order valence-electron chi connectivity index (χ0n) is 7.90. The molecular formula is C9H9F3N2O. The molecule has 0 aromatic heterocycles. The van der Waals surface area contributed by atoms with Gasteiger partial charge in [0.25, 0.3) is 0 Å². The van der Waals surface area contributed by atoms with Gasteiger partial charge in [0.2, 0.25) is 5.91 Å². The molecule has 1 aromatic carbocycles. The Bertz CT molecular complexity index is 359. The first kappa shape index (κ1) is 11.4. The Morgan fingerprint density at radius 2 is 1.80 bits per heavy atom. The molecule has 0 aliphatic heterocycles. The van der Waals surface area contributed by atoms with Crippen molar-refractivity contribution in [2.75, 3.05) is 18.9 Å². The largest absolute Gasteiger partial charge is 0.371 e. The van der Waals surface area contributed by atoms with Crippen LogP contribution in [0.15, 0.2) is 12.1 Å². The fourth-order valence-electron chi connectivity index (χ4n) is 0.968. The molecule has 82 valence electrons. The number of halogens is 3. The molecule has 0 aliphatic carbocycles. The molecule has 15 heavy (non-hydrogen) atoms. The van der Waals surface area contributed by atoms with E-state index in [1.54, 1.807) is 0 Å². The number of likely N-dealkylation sites (N-methyl/N-ethyl adjacent to an activating group) is 1. The Morgan fingerprint density at radius 3 is 2.27 bits per heavy atom. The summed E-state index contributed by atoms with van der Waals surface area (Å²) in [5.74, 6) is -3.58. The first-order valence-electron chi connectivity index (χ1n) is 4.13. The number of nitrogens with one attached hydrogen (secondary N) is 2. The Morgan fingerprint density at radius 1 is 1.27 bits per heavy atom. The van der Waals surface area contributed by atoms with Crippen LogP contribution >= 0.6 is 0 Å². The van der Waals surface area contributed by atoms with Crippen molar-refractivity contribution in [1.82, 2.24) is 5.32 Å². The first-order chi connectivity index (χ1) is 7.04. The quantitative estimate of drug-likeness (QED) is 0.801. The van der Waals surface area contributed by atoms with Crippen LogP contribution in [-0.2, 0) is 4.79 Å². The van der Waals surface area contributed by atoms with E-state index in [2.05, 4.69) is 10.6 Å². The van der Waals surface area contributed by atoms with Crippen LogP contribution in [0.4, 0.5) is 18.9 Å². The van der Waals surface area contributed by atoms with Gasteiger partial charge in [-0.05, 0) is 0 Å². The van der Waals surface area contributed by atoms with E-state index >= 15 is 0 Å². The highest BCUT2D eigenvalue weighted by Gasteiger charge is 2.11. The number of rotatable bonds is 3. The van der Waals surface area contributed by atoms with Crippen molar-refractivity contribution in [3.8, 4) is 0 Å². The van der Waals surface area contributed by atoms with Crippen LogP contribution in [0.1, 0.15) is 0 Å². The van der Waals surface area contributed by atoms with Gasteiger partial charge >= 0.3 is 0 Å². The van der Waals surface area contributed by atoms with E-state index in [1.807, 2.05) is 0 Å². The summed E-state index contributed by atoms with van der Waals surface area (Å²) in [6.45, 7) is -0.282. The molecule has 0 radical (unpaired) electrons. The van der Waals surface area contributed by atoms with E-state index in [0.29, 0.717) is 12.1 Å². The number of carbonyl (C=O) groups is 1. The highest BCUT2D eigenvalue weighted by atomic mass is 19.1. The minimum absolute atomic E-state index is 0.282. The normalized spacial score (nSPS) is 9.87. The topological polar surface area (TPSA) is 41.1 Å². The van der Waals surface area contributed by atoms with E-state index in [4.69, 9.17) is 0 Å². The van der Waals surface area contributed by atoms with Gasteiger partial charge in [0, 0.05) is 19.2 Å². The molecular weight excluding hydrogens is 209 g/mol. The van der Waals surface area contributed by atoms with Gasteiger partial charge < -0.3 is 10.6 Å². The van der Waals surface area contributed by atoms with Gasteiger partial charge in [0.15, 0.2) is 11.6 Å². The van der Waals surface area contributed by atoms with Gasteiger partial charge in [-0.2, -0.15) is 0 Å². The monoisotopic (exact) mass is 218 g/mol. The summed E-state index contributed by atoms with van der Waals surface area (Å²) < 4.78 is 38.5. The second-order valence-electron chi connectivity index (χ2n) is 2.77. The van der Waals surface area contributed by atoms with Crippen molar-refractivity contribution >= 4 is 11.6 Å². The van der Waals surface area contributed by atoms with E-state index in [-0.39, 0.29) is 6.54 Å². The molecule has 0 bridgehead atoms. The molecule has 0 saturated heterocycles.